The summed E-state index contributed by atoms with van der Waals surface area (Å²) in [6.07, 6.45) is 4.00. The standard InChI is InChI=1S/C5H6N2S/c1-2-7-4-8-3-5(7)6-1/h1-3,6H,4H2. The number of nitrogens with zero attached hydrogens (tertiary/aromatic N) is 1. The van der Waals surface area contributed by atoms with E-state index in [4.69, 9.17) is 0 Å². The van der Waals surface area contributed by atoms with Crippen LogP contribution in [-0.2, 0) is 0 Å². The lowest BCUT2D eigenvalue weighted by Crippen LogP contribution is -2.12. The minimum atomic E-state index is 1.07. The Balaban J connectivity index is 2.28. The molecule has 0 spiro atoms. The van der Waals surface area contributed by atoms with Crippen LogP contribution in [-0.4, -0.2) is 10.8 Å². The maximum absolute atomic E-state index is 3.10. The van der Waals surface area contributed by atoms with Gasteiger partial charge in [-0.05, 0) is 0 Å². The Morgan fingerprint density at radius 2 is 2.75 bits per heavy atom. The lowest BCUT2D eigenvalue weighted by Gasteiger charge is -2.06. The molecule has 0 aliphatic carbocycles. The highest BCUT2D eigenvalue weighted by Gasteiger charge is 2.14. The fraction of sp³-hybridized carbons (Fsp3) is 0.200. The van der Waals surface area contributed by atoms with Gasteiger partial charge in [0.1, 0.15) is 5.82 Å². The van der Waals surface area contributed by atoms with Crippen molar-refractivity contribution in [3.05, 3.63) is 23.6 Å². The normalized spacial score (nSPS) is 23.0. The van der Waals surface area contributed by atoms with E-state index in [0.717, 1.165) is 5.88 Å². The van der Waals surface area contributed by atoms with E-state index >= 15 is 0 Å². The van der Waals surface area contributed by atoms with Gasteiger partial charge in [-0.2, -0.15) is 0 Å². The molecule has 2 aliphatic rings. The fourth-order valence-electron chi connectivity index (χ4n) is 0.787. The first-order chi connectivity index (χ1) is 3.97. The number of rotatable bonds is 0. The van der Waals surface area contributed by atoms with Crippen LogP contribution in [0.2, 0.25) is 0 Å². The lowest BCUT2D eigenvalue weighted by molar-refractivity contribution is 0.562. The quantitative estimate of drug-likeness (QED) is 0.518. The van der Waals surface area contributed by atoms with Crippen LogP contribution in [0.25, 0.3) is 0 Å². The molecule has 0 saturated carbocycles. The first-order valence-electron chi connectivity index (χ1n) is 2.48. The van der Waals surface area contributed by atoms with E-state index in [0.29, 0.717) is 0 Å². The van der Waals surface area contributed by atoms with Crippen molar-refractivity contribution in [2.45, 2.75) is 0 Å². The summed E-state index contributed by atoms with van der Waals surface area (Å²) in [7, 11) is 0. The average Bonchev–Trinajstić information content (AvgIpc) is 2.15. The number of nitrogens with one attached hydrogen (secondary N) is 1. The molecule has 0 aromatic heterocycles. The number of fused-ring (bicyclic) bond motifs is 1. The Morgan fingerprint density at radius 1 is 1.75 bits per heavy atom. The topological polar surface area (TPSA) is 15.3 Å². The Hall–Kier alpha value is -0.570. The van der Waals surface area contributed by atoms with Gasteiger partial charge in [0.05, 0.1) is 5.88 Å². The smallest absolute Gasteiger partial charge is 0.117 e. The van der Waals surface area contributed by atoms with Gasteiger partial charge in [0.15, 0.2) is 0 Å². The van der Waals surface area contributed by atoms with Crippen molar-refractivity contribution in [1.29, 1.82) is 0 Å². The van der Waals surface area contributed by atoms with Gasteiger partial charge in [-0.1, -0.05) is 0 Å². The number of thioether (sulfide) groups is 1. The third kappa shape index (κ3) is 0.448. The second-order valence-electron chi connectivity index (χ2n) is 1.73. The Labute approximate surface area is 52.2 Å². The number of hydrogen-bond acceptors (Lipinski definition) is 3. The molecule has 0 saturated heterocycles. The minimum Gasteiger partial charge on any atom is -0.346 e. The van der Waals surface area contributed by atoms with Crippen LogP contribution in [0.15, 0.2) is 23.6 Å². The molecule has 1 N–H and O–H groups in total. The SMILES string of the molecule is C1=CN2CSC=C2N1. The molecular formula is C5H6N2S. The van der Waals surface area contributed by atoms with E-state index in [1.807, 2.05) is 24.2 Å². The summed E-state index contributed by atoms with van der Waals surface area (Å²) in [5.74, 6) is 2.29. The molecule has 0 atom stereocenters. The zero-order valence-electron chi connectivity index (χ0n) is 4.29. The summed E-state index contributed by atoms with van der Waals surface area (Å²) in [6.45, 7) is 0. The van der Waals surface area contributed by atoms with Crippen molar-refractivity contribution in [3.63, 3.8) is 0 Å². The van der Waals surface area contributed by atoms with Crippen molar-refractivity contribution in [3.8, 4) is 0 Å². The Morgan fingerprint density at radius 3 is 3.62 bits per heavy atom. The summed E-state index contributed by atoms with van der Waals surface area (Å²) in [4.78, 5) is 2.17. The molecule has 0 radical (unpaired) electrons. The molecular weight excluding hydrogens is 120 g/mol. The molecule has 2 heterocycles. The molecule has 2 rings (SSSR count). The highest BCUT2D eigenvalue weighted by Crippen LogP contribution is 2.23. The molecule has 8 heavy (non-hydrogen) atoms. The first-order valence-corrected chi connectivity index (χ1v) is 3.53. The van der Waals surface area contributed by atoms with Gasteiger partial charge in [-0.15, -0.1) is 11.8 Å². The summed E-state index contributed by atoms with van der Waals surface area (Å²) in [5.41, 5.74) is 0. The van der Waals surface area contributed by atoms with Crippen molar-refractivity contribution in [1.82, 2.24) is 10.2 Å². The van der Waals surface area contributed by atoms with Gasteiger partial charge in [0.25, 0.3) is 0 Å². The Bertz CT molecular complexity index is 162. The van der Waals surface area contributed by atoms with Crippen LogP contribution in [0.5, 0.6) is 0 Å². The molecule has 3 heteroatoms. The zero-order valence-corrected chi connectivity index (χ0v) is 5.11. The van der Waals surface area contributed by atoms with E-state index in [2.05, 4.69) is 15.6 Å². The average molecular weight is 126 g/mol. The second kappa shape index (κ2) is 1.45. The van der Waals surface area contributed by atoms with Gasteiger partial charge in [-0.3, -0.25) is 0 Å². The maximum atomic E-state index is 3.10. The van der Waals surface area contributed by atoms with Crippen LogP contribution in [0.4, 0.5) is 0 Å². The largest absolute Gasteiger partial charge is 0.346 e. The van der Waals surface area contributed by atoms with Crippen LogP contribution >= 0.6 is 11.8 Å². The van der Waals surface area contributed by atoms with E-state index < -0.39 is 0 Å². The van der Waals surface area contributed by atoms with Crippen molar-refractivity contribution in [2.75, 3.05) is 5.88 Å². The van der Waals surface area contributed by atoms with Crippen LogP contribution in [0.3, 0.4) is 0 Å². The molecule has 2 aliphatic heterocycles. The molecule has 0 aromatic rings. The molecule has 0 bridgehead atoms. The van der Waals surface area contributed by atoms with Crippen LogP contribution in [0, 0.1) is 0 Å². The minimum absolute atomic E-state index is 1.07. The summed E-state index contributed by atoms with van der Waals surface area (Å²) in [5, 5.41) is 5.23. The lowest BCUT2D eigenvalue weighted by atomic mass is 10.7. The van der Waals surface area contributed by atoms with Gasteiger partial charge in [0.2, 0.25) is 0 Å². The van der Waals surface area contributed by atoms with E-state index in [-0.39, 0.29) is 0 Å². The molecule has 0 fully saturated rings. The van der Waals surface area contributed by atoms with E-state index in [1.165, 1.54) is 5.82 Å². The summed E-state index contributed by atoms with van der Waals surface area (Å²) < 4.78 is 0. The fourth-order valence-corrected chi connectivity index (χ4v) is 1.61. The third-order valence-electron chi connectivity index (χ3n) is 1.20. The predicted octanol–water partition coefficient (Wildman–Crippen LogP) is 0.866. The van der Waals surface area contributed by atoms with E-state index in [1.54, 1.807) is 0 Å². The van der Waals surface area contributed by atoms with Gasteiger partial charge >= 0.3 is 0 Å². The molecule has 0 unspecified atom stereocenters. The predicted molar refractivity (Wildman–Crippen MR) is 34.7 cm³/mol. The van der Waals surface area contributed by atoms with Gasteiger partial charge < -0.3 is 10.2 Å². The summed E-state index contributed by atoms with van der Waals surface area (Å²) in [6, 6.07) is 0. The first kappa shape index (κ1) is 4.32. The van der Waals surface area contributed by atoms with Crippen LogP contribution in [0.1, 0.15) is 0 Å². The van der Waals surface area contributed by atoms with Crippen molar-refractivity contribution < 1.29 is 0 Å². The van der Waals surface area contributed by atoms with Gasteiger partial charge in [0, 0.05) is 17.8 Å². The molecule has 2 nitrogen and oxygen atoms in total. The zero-order chi connectivity index (χ0) is 5.40. The van der Waals surface area contributed by atoms with Crippen molar-refractivity contribution in [2.24, 2.45) is 0 Å². The second-order valence-corrected chi connectivity index (χ2v) is 2.56. The maximum Gasteiger partial charge on any atom is 0.117 e. The number of hydrogen-bond donors (Lipinski definition) is 1. The third-order valence-corrected chi connectivity index (χ3v) is 2.02. The monoisotopic (exact) mass is 126 g/mol. The van der Waals surface area contributed by atoms with Crippen LogP contribution < -0.4 is 5.32 Å². The summed E-state index contributed by atoms with van der Waals surface area (Å²) >= 11 is 1.82. The Kier molecular flexibility index (Phi) is 0.784. The molecule has 42 valence electrons. The van der Waals surface area contributed by atoms with E-state index in [9.17, 15) is 0 Å². The highest BCUT2D eigenvalue weighted by atomic mass is 32.2. The molecule has 0 aromatic carbocycles. The highest BCUT2D eigenvalue weighted by molar-refractivity contribution is 8.02. The van der Waals surface area contributed by atoms with Gasteiger partial charge in [-0.25, -0.2) is 0 Å². The van der Waals surface area contributed by atoms with Crippen molar-refractivity contribution >= 4 is 11.8 Å². The molecule has 0 amide bonds.